The predicted molar refractivity (Wildman–Crippen MR) is 166 cm³/mol. The summed E-state index contributed by atoms with van der Waals surface area (Å²) in [5, 5.41) is 16.4. The Kier molecular flexibility index (Phi) is 6.77. The van der Waals surface area contributed by atoms with Crippen LogP contribution < -0.4 is 4.74 Å². The highest BCUT2D eigenvalue weighted by Crippen LogP contribution is 2.62. The second-order valence-corrected chi connectivity index (χ2v) is 13.6. The number of carboxylic acids is 1. The van der Waals surface area contributed by atoms with E-state index < -0.39 is 5.97 Å². The van der Waals surface area contributed by atoms with Crippen molar-refractivity contribution in [3.63, 3.8) is 0 Å². The predicted octanol–water partition coefficient (Wildman–Crippen LogP) is 9.82. The Morgan fingerprint density at radius 3 is 2.57 bits per heavy atom. The molecule has 0 amide bonds. The lowest BCUT2D eigenvalue weighted by atomic mass is 10.0. The first kappa shape index (κ1) is 27.7. The number of halogens is 3. The molecule has 0 spiro atoms. The maximum absolute atomic E-state index is 11.5. The number of benzene rings is 3. The molecule has 3 aromatic carbocycles. The summed E-state index contributed by atoms with van der Waals surface area (Å²) in [6.07, 6.45) is 3.01. The number of hydrogen-bond acceptors (Lipinski definition) is 6. The SMILES string of the molecule is Cc1cc(C(=O)O)cc2sc(C3(C)CC3c3ccc(OCc4c(-c5c(Cl)cccc5Cl)noc4C4CC4)cc3Cl)nc12. The van der Waals surface area contributed by atoms with Gasteiger partial charge < -0.3 is 14.4 Å². The average molecular weight is 640 g/mol. The van der Waals surface area contributed by atoms with E-state index in [2.05, 4.69) is 12.1 Å². The molecule has 2 unspecified atom stereocenters. The highest BCUT2D eigenvalue weighted by molar-refractivity contribution is 7.18. The summed E-state index contributed by atoms with van der Waals surface area (Å²) in [7, 11) is 0. The maximum atomic E-state index is 11.5. The molecular formula is C32H25Cl3N2O4S. The van der Waals surface area contributed by atoms with Crippen molar-refractivity contribution in [3.05, 3.63) is 96.6 Å². The number of hydrogen-bond donors (Lipinski definition) is 1. The number of aromatic carboxylic acids is 1. The van der Waals surface area contributed by atoms with E-state index in [1.807, 2.05) is 25.1 Å². The van der Waals surface area contributed by atoms with E-state index in [0.29, 0.717) is 38.0 Å². The molecule has 2 aliphatic rings. The van der Waals surface area contributed by atoms with Crippen LogP contribution in [0.2, 0.25) is 15.1 Å². The zero-order valence-corrected chi connectivity index (χ0v) is 25.8. The van der Waals surface area contributed by atoms with Gasteiger partial charge in [-0.2, -0.15) is 0 Å². The molecule has 2 saturated carbocycles. The van der Waals surface area contributed by atoms with Crippen LogP contribution in [0.3, 0.4) is 0 Å². The van der Waals surface area contributed by atoms with Gasteiger partial charge in [-0.15, -0.1) is 11.3 Å². The first-order valence-corrected chi connectivity index (χ1v) is 15.6. The lowest BCUT2D eigenvalue weighted by Gasteiger charge is -2.12. The van der Waals surface area contributed by atoms with Crippen LogP contribution in [0, 0.1) is 6.92 Å². The molecule has 10 heteroatoms. The summed E-state index contributed by atoms with van der Waals surface area (Å²) in [6.45, 7) is 4.34. The van der Waals surface area contributed by atoms with E-state index in [0.717, 1.165) is 56.9 Å². The van der Waals surface area contributed by atoms with Crippen LogP contribution in [0.25, 0.3) is 21.5 Å². The third-order valence-electron chi connectivity index (χ3n) is 8.35. The van der Waals surface area contributed by atoms with Gasteiger partial charge in [0.15, 0.2) is 0 Å². The smallest absolute Gasteiger partial charge is 0.335 e. The van der Waals surface area contributed by atoms with Crippen molar-refractivity contribution >= 4 is 62.3 Å². The van der Waals surface area contributed by atoms with Crippen LogP contribution in [0.15, 0.2) is 53.1 Å². The fraction of sp³-hybridized carbons (Fsp3) is 0.281. The summed E-state index contributed by atoms with van der Waals surface area (Å²) in [5.74, 6) is 1.05. The van der Waals surface area contributed by atoms with Crippen molar-refractivity contribution in [2.24, 2.45) is 0 Å². The van der Waals surface area contributed by atoms with Gasteiger partial charge in [-0.3, -0.25) is 0 Å². The van der Waals surface area contributed by atoms with E-state index in [1.165, 1.54) is 0 Å². The van der Waals surface area contributed by atoms with Crippen molar-refractivity contribution in [1.82, 2.24) is 10.1 Å². The highest BCUT2D eigenvalue weighted by Gasteiger charge is 2.55. The van der Waals surface area contributed by atoms with E-state index in [1.54, 1.807) is 41.7 Å². The lowest BCUT2D eigenvalue weighted by molar-refractivity contribution is 0.0697. The van der Waals surface area contributed by atoms with Gasteiger partial charge in [0, 0.05) is 21.9 Å². The van der Waals surface area contributed by atoms with Crippen LogP contribution >= 0.6 is 46.1 Å². The average Bonchev–Trinajstić information content (AvgIpc) is 3.81. The molecule has 6 nitrogen and oxygen atoms in total. The number of rotatable bonds is 8. The fourth-order valence-electron chi connectivity index (χ4n) is 5.70. The molecule has 2 fully saturated rings. The Labute approximate surface area is 261 Å². The van der Waals surface area contributed by atoms with Gasteiger partial charge in [-0.25, -0.2) is 9.78 Å². The summed E-state index contributed by atoms with van der Waals surface area (Å²) >= 11 is 21.4. The van der Waals surface area contributed by atoms with Crippen LogP contribution in [0.4, 0.5) is 0 Å². The number of carboxylic acid groups (broad SMARTS) is 1. The molecule has 0 saturated heterocycles. The number of ether oxygens (including phenoxy) is 1. The molecule has 214 valence electrons. The second kappa shape index (κ2) is 10.3. The first-order chi connectivity index (χ1) is 20.1. The number of nitrogens with zero attached hydrogens (tertiary/aromatic N) is 2. The molecule has 2 atom stereocenters. The minimum atomic E-state index is -0.934. The van der Waals surface area contributed by atoms with Gasteiger partial charge in [0.2, 0.25) is 0 Å². The van der Waals surface area contributed by atoms with Crippen molar-refractivity contribution in [2.75, 3.05) is 0 Å². The summed E-state index contributed by atoms with van der Waals surface area (Å²) in [4.78, 5) is 16.5. The maximum Gasteiger partial charge on any atom is 0.335 e. The molecule has 2 aliphatic carbocycles. The standard InChI is InChI=1S/C32H25Cl3N2O4S/c1-15-10-17(30(38)39)11-25-27(15)36-31(42-25)32(2)13-21(32)19-9-8-18(12-24(19)35)40-14-20-28(37-41-29(20)16-6-7-16)26-22(33)4-3-5-23(26)34/h3-5,8-12,16,21H,6-7,13-14H2,1-2H3,(H,38,39). The van der Waals surface area contributed by atoms with Crippen molar-refractivity contribution in [2.45, 2.75) is 57.0 Å². The topological polar surface area (TPSA) is 85.5 Å². The van der Waals surface area contributed by atoms with Gasteiger partial charge in [0.1, 0.15) is 28.8 Å². The fourth-order valence-corrected chi connectivity index (χ4v) is 7.88. The highest BCUT2D eigenvalue weighted by atomic mass is 35.5. The van der Waals surface area contributed by atoms with Gasteiger partial charge in [0.25, 0.3) is 0 Å². The number of aryl methyl sites for hydroxylation is 1. The van der Waals surface area contributed by atoms with Crippen molar-refractivity contribution in [1.29, 1.82) is 0 Å². The van der Waals surface area contributed by atoms with Gasteiger partial charge in [-0.05, 0) is 79.6 Å². The van der Waals surface area contributed by atoms with E-state index in [9.17, 15) is 9.90 Å². The Morgan fingerprint density at radius 2 is 1.88 bits per heavy atom. The minimum Gasteiger partial charge on any atom is -0.489 e. The monoisotopic (exact) mass is 638 g/mol. The van der Waals surface area contributed by atoms with Crippen LogP contribution in [-0.2, 0) is 12.0 Å². The third-order valence-corrected chi connectivity index (χ3v) is 10.6. The van der Waals surface area contributed by atoms with E-state index in [-0.39, 0.29) is 23.5 Å². The molecule has 7 rings (SSSR count). The molecule has 1 N–H and O–H groups in total. The minimum absolute atomic E-state index is 0.170. The van der Waals surface area contributed by atoms with Crippen molar-refractivity contribution < 1.29 is 19.2 Å². The van der Waals surface area contributed by atoms with Crippen LogP contribution in [0.5, 0.6) is 5.75 Å². The van der Waals surface area contributed by atoms with Crippen LogP contribution in [-0.4, -0.2) is 21.2 Å². The number of carbonyl (C=O) groups is 1. The molecule has 0 aliphatic heterocycles. The third kappa shape index (κ3) is 4.77. The Hall–Kier alpha value is -3.10. The molecule has 42 heavy (non-hydrogen) atoms. The molecular weight excluding hydrogens is 615 g/mol. The van der Waals surface area contributed by atoms with Gasteiger partial charge >= 0.3 is 5.97 Å². The zero-order chi connectivity index (χ0) is 29.3. The van der Waals surface area contributed by atoms with E-state index >= 15 is 0 Å². The summed E-state index contributed by atoms with van der Waals surface area (Å²) in [6, 6.07) is 14.6. The largest absolute Gasteiger partial charge is 0.489 e. The summed E-state index contributed by atoms with van der Waals surface area (Å²) in [5.41, 5.74) is 4.97. The number of fused-ring (bicyclic) bond motifs is 1. The molecule has 0 bridgehead atoms. The van der Waals surface area contributed by atoms with Gasteiger partial charge in [0.05, 0.1) is 31.4 Å². The van der Waals surface area contributed by atoms with Crippen LogP contribution in [0.1, 0.15) is 75.8 Å². The Morgan fingerprint density at radius 1 is 1.12 bits per heavy atom. The molecule has 2 aromatic heterocycles. The molecule has 2 heterocycles. The Bertz CT molecular complexity index is 1880. The lowest BCUT2D eigenvalue weighted by Crippen LogP contribution is -2.04. The number of aromatic nitrogens is 2. The first-order valence-electron chi connectivity index (χ1n) is 13.6. The van der Waals surface area contributed by atoms with E-state index in [4.69, 9.17) is 49.0 Å². The van der Waals surface area contributed by atoms with Gasteiger partial charge in [-0.1, -0.05) is 59.0 Å². The zero-order valence-electron chi connectivity index (χ0n) is 22.7. The number of thiazole rings is 1. The quantitative estimate of drug-likeness (QED) is 0.182. The normalized spacial score (nSPS) is 19.8. The molecule has 0 radical (unpaired) electrons. The Balaban J connectivity index is 1.12. The molecule has 5 aromatic rings. The van der Waals surface area contributed by atoms with Crippen molar-refractivity contribution in [3.8, 4) is 17.0 Å². The summed E-state index contributed by atoms with van der Waals surface area (Å²) < 4.78 is 12.9. The second-order valence-electron chi connectivity index (χ2n) is 11.4.